The third-order valence-electron chi connectivity index (χ3n) is 3.65. The number of benzene rings is 1. The maximum Gasteiger partial charge on any atom is 0.278 e. The minimum atomic E-state index is -0.360. The van der Waals surface area contributed by atoms with Gasteiger partial charge in [0.15, 0.2) is 11.5 Å². The lowest BCUT2D eigenvalue weighted by atomic mass is 10.2. The van der Waals surface area contributed by atoms with Crippen molar-refractivity contribution in [2.24, 2.45) is 7.05 Å². The zero-order valence-electron chi connectivity index (χ0n) is 13.1. The van der Waals surface area contributed by atoms with E-state index in [9.17, 15) is 9.18 Å². The van der Waals surface area contributed by atoms with Crippen molar-refractivity contribution in [3.63, 3.8) is 0 Å². The van der Waals surface area contributed by atoms with Gasteiger partial charge in [0, 0.05) is 24.9 Å². The van der Waals surface area contributed by atoms with E-state index in [-0.39, 0.29) is 18.3 Å². The van der Waals surface area contributed by atoms with Gasteiger partial charge in [0.25, 0.3) is 5.91 Å². The Morgan fingerprint density at radius 1 is 1.29 bits per heavy atom. The van der Waals surface area contributed by atoms with Crippen LogP contribution in [0.4, 0.5) is 10.2 Å². The molecule has 1 amide bonds. The summed E-state index contributed by atoms with van der Waals surface area (Å²) in [6.07, 6.45) is 1.68. The van der Waals surface area contributed by atoms with Crippen LogP contribution < -0.4 is 5.32 Å². The number of anilines is 1. The normalized spacial score (nSPS) is 10.8. The van der Waals surface area contributed by atoms with Gasteiger partial charge in [0.1, 0.15) is 5.82 Å². The van der Waals surface area contributed by atoms with E-state index in [0.29, 0.717) is 21.5 Å². The average Bonchev–Trinajstić information content (AvgIpc) is 3.09. The summed E-state index contributed by atoms with van der Waals surface area (Å²) in [5.74, 6) is -0.264. The molecule has 1 aromatic carbocycles. The topological polar surface area (TPSA) is 64.7 Å². The Balaban J connectivity index is 1.73. The molecular formula is C16H15BrFN5O. The minimum absolute atomic E-state index is 0.286. The van der Waals surface area contributed by atoms with E-state index >= 15 is 0 Å². The molecule has 24 heavy (non-hydrogen) atoms. The van der Waals surface area contributed by atoms with E-state index in [1.807, 2.05) is 6.92 Å². The maximum atomic E-state index is 13.7. The van der Waals surface area contributed by atoms with Gasteiger partial charge in [-0.2, -0.15) is 10.2 Å². The molecule has 1 N–H and O–H groups in total. The molecular weight excluding hydrogens is 377 g/mol. The Labute approximate surface area is 146 Å². The van der Waals surface area contributed by atoms with Crippen molar-refractivity contribution in [1.29, 1.82) is 0 Å². The van der Waals surface area contributed by atoms with Crippen LogP contribution in [-0.2, 0) is 13.6 Å². The molecule has 0 spiro atoms. The lowest BCUT2D eigenvalue weighted by Crippen LogP contribution is -2.14. The summed E-state index contributed by atoms with van der Waals surface area (Å²) in [5.41, 5.74) is 1.67. The monoisotopic (exact) mass is 391 g/mol. The van der Waals surface area contributed by atoms with Gasteiger partial charge in [-0.1, -0.05) is 18.2 Å². The Bertz CT molecular complexity index is 902. The van der Waals surface area contributed by atoms with Crippen molar-refractivity contribution in [1.82, 2.24) is 19.6 Å². The SMILES string of the molecule is Cc1c(Br)c(C(=O)Nc2ccn(Cc3ccccc3F)n2)nn1C. The lowest BCUT2D eigenvalue weighted by Gasteiger charge is -2.03. The fourth-order valence-corrected chi connectivity index (χ4v) is 2.74. The number of aromatic nitrogens is 4. The minimum Gasteiger partial charge on any atom is -0.304 e. The first-order valence-corrected chi connectivity index (χ1v) is 8.02. The highest BCUT2D eigenvalue weighted by Gasteiger charge is 2.18. The standard InChI is InChI=1S/C16H15BrFN5O/c1-10-14(17)15(21-22(10)2)16(24)19-13-7-8-23(20-13)9-11-5-3-4-6-12(11)18/h3-8H,9H2,1-2H3,(H,19,20,24). The molecule has 3 rings (SSSR count). The number of rotatable bonds is 4. The van der Waals surface area contributed by atoms with Gasteiger partial charge < -0.3 is 5.32 Å². The third-order valence-corrected chi connectivity index (χ3v) is 4.60. The quantitative estimate of drug-likeness (QED) is 0.742. The van der Waals surface area contributed by atoms with Crippen molar-refractivity contribution in [3.05, 3.63) is 63.8 Å². The number of aryl methyl sites for hydroxylation is 1. The van der Waals surface area contributed by atoms with E-state index < -0.39 is 0 Å². The lowest BCUT2D eigenvalue weighted by molar-refractivity contribution is 0.102. The van der Waals surface area contributed by atoms with Crippen LogP contribution >= 0.6 is 15.9 Å². The Hall–Kier alpha value is -2.48. The first-order valence-electron chi connectivity index (χ1n) is 7.23. The summed E-state index contributed by atoms with van der Waals surface area (Å²) >= 11 is 3.36. The second kappa shape index (κ2) is 6.56. The number of halogens is 2. The summed E-state index contributed by atoms with van der Waals surface area (Å²) in [4.78, 5) is 12.3. The van der Waals surface area contributed by atoms with Crippen molar-refractivity contribution in [3.8, 4) is 0 Å². The molecule has 0 aliphatic rings. The predicted molar refractivity (Wildman–Crippen MR) is 91.3 cm³/mol. The molecule has 2 heterocycles. The third kappa shape index (κ3) is 3.23. The molecule has 3 aromatic rings. The van der Waals surface area contributed by atoms with Crippen LogP contribution in [0.2, 0.25) is 0 Å². The van der Waals surface area contributed by atoms with Gasteiger partial charge in [-0.15, -0.1) is 0 Å². The molecule has 0 atom stereocenters. The fraction of sp³-hybridized carbons (Fsp3) is 0.188. The second-order valence-electron chi connectivity index (χ2n) is 5.32. The molecule has 124 valence electrons. The van der Waals surface area contributed by atoms with Gasteiger partial charge in [-0.25, -0.2) is 4.39 Å². The van der Waals surface area contributed by atoms with Crippen LogP contribution in [0.5, 0.6) is 0 Å². The molecule has 2 aromatic heterocycles. The van der Waals surface area contributed by atoms with Gasteiger partial charge >= 0.3 is 0 Å². The largest absolute Gasteiger partial charge is 0.304 e. The van der Waals surface area contributed by atoms with Gasteiger partial charge in [0.05, 0.1) is 16.7 Å². The molecule has 0 aliphatic heterocycles. The highest BCUT2D eigenvalue weighted by Crippen LogP contribution is 2.21. The maximum absolute atomic E-state index is 13.7. The van der Waals surface area contributed by atoms with Gasteiger partial charge in [-0.3, -0.25) is 14.2 Å². The van der Waals surface area contributed by atoms with E-state index in [1.165, 1.54) is 6.07 Å². The Morgan fingerprint density at radius 3 is 2.71 bits per heavy atom. The average molecular weight is 392 g/mol. The molecule has 0 radical (unpaired) electrons. The molecule has 0 aliphatic carbocycles. The first kappa shape index (κ1) is 16.4. The predicted octanol–water partition coefficient (Wildman–Crippen LogP) is 3.13. The van der Waals surface area contributed by atoms with E-state index in [1.54, 1.807) is 46.9 Å². The Morgan fingerprint density at radius 2 is 2.04 bits per heavy atom. The molecule has 0 fully saturated rings. The van der Waals surface area contributed by atoms with E-state index in [2.05, 4.69) is 31.4 Å². The number of carbonyl (C=O) groups excluding carboxylic acids is 1. The zero-order valence-corrected chi connectivity index (χ0v) is 14.7. The smallest absolute Gasteiger partial charge is 0.278 e. The number of nitrogens with zero attached hydrogens (tertiary/aromatic N) is 4. The summed E-state index contributed by atoms with van der Waals surface area (Å²) in [5, 5.41) is 11.1. The van der Waals surface area contributed by atoms with E-state index in [0.717, 1.165) is 5.69 Å². The Kier molecular flexibility index (Phi) is 4.48. The van der Waals surface area contributed by atoms with Crippen LogP contribution in [0.1, 0.15) is 21.7 Å². The first-order chi connectivity index (χ1) is 11.5. The van der Waals surface area contributed by atoms with Crippen LogP contribution in [-0.4, -0.2) is 25.5 Å². The highest BCUT2D eigenvalue weighted by atomic mass is 79.9. The molecule has 0 saturated heterocycles. The van der Waals surface area contributed by atoms with Gasteiger partial charge in [-0.05, 0) is 28.9 Å². The number of hydrogen-bond donors (Lipinski definition) is 1. The number of hydrogen-bond acceptors (Lipinski definition) is 3. The molecule has 8 heteroatoms. The van der Waals surface area contributed by atoms with Crippen LogP contribution in [0.15, 0.2) is 41.0 Å². The second-order valence-corrected chi connectivity index (χ2v) is 6.11. The van der Waals surface area contributed by atoms with Crippen LogP contribution in [0.25, 0.3) is 0 Å². The number of carbonyl (C=O) groups is 1. The summed E-state index contributed by atoms with van der Waals surface area (Å²) in [6.45, 7) is 2.14. The summed E-state index contributed by atoms with van der Waals surface area (Å²) < 4.78 is 17.5. The van der Waals surface area contributed by atoms with E-state index in [4.69, 9.17) is 0 Å². The van der Waals surface area contributed by atoms with Gasteiger partial charge in [0.2, 0.25) is 0 Å². The van der Waals surface area contributed by atoms with Crippen molar-refractivity contribution >= 4 is 27.7 Å². The zero-order chi connectivity index (χ0) is 17.3. The van der Waals surface area contributed by atoms with Crippen LogP contribution in [0, 0.1) is 12.7 Å². The highest BCUT2D eigenvalue weighted by molar-refractivity contribution is 9.10. The van der Waals surface area contributed by atoms with Crippen molar-refractivity contribution in [2.45, 2.75) is 13.5 Å². The summed E-state index contributed by atoms with van der Waals surface area (Å²) in [7, 11) is 1.76. The van der Waals surface area contributed by atoms with Crippen LogP contribution in [0.3, 0.4) is 0 Å². The molecule has 0 unspecified atom stereocenters. The fourth-order valence-electron chi connectivity index (χ4n) is 2.22. The molecule has 6 nitrogen and oxygen atoms in total. The molecule has 0 bridgehead atoms. The van der Waals surface area contributed by atoms with Crippen molar-refractivity contribution < 1.29 is 9.18 Å². The molecule has 0 saturated carbocycles. The summed E-state index contributed by atoms with van der Waals surface area (Å²) in [6, 6.07) is 8.17. The van der Waals surface area contributed by atoms with Crippen molar-refractivity contribution in [2.75, 3.05) is 5.32 Å². The number of amides is 1. The number of nitrogens with one attached hydrogen (secondary N) is 1.